The lowest BCUT2D eigenvalue weighted by atomic mass is 9.86. The number of carbonyl (C=O) groups excluding carboxylic acids is 1. The smallest absolute Gasteiger partial charge is 0.319 e. The average molecular weight is 298 g/mol. The summed E-state index contributed by atoms with van der Waals surface area (Å²) in [6, 6.07) is 9.66. The highest BCUT2D eigenvalue weighted by Crippen LogP contribution is 2.24. The summed E-state index contributed by atoms with van der Waals surface area (Å²) in [5.41, 5.74) is 1.62. The Morgan fingerprint density at radius 2 is 2.05 bits per heavy atom. The van der Waals surface area contributed by atoms with Crippen molar-refractivity contribution in [3.05, 3.63) is 42.7 Å². The highest BCUT2D eigenvalue weighted by atomic mass is 16.2. The third-order valence-corrected chi connectivity index (χ3v) is 4.33. The van der Waals surface area contributed by atoms with Gasteiger partial charge in [0.1, 0.15) is 0 Å². The molecule has 1 aromatic carbocycles. The fraction of sp³-hybridized carbons (Fsp3) is 0.412. The van der Waals surface area contributed by atoms with Gasteiger partial charge >= 0.3 is 6.03 Å². The maximum atomic E-state index is 12.3. The van der Waals surface area contributed by atoms with E-state index in [4.69, 9.17) is 0 Å². The molecule has 5 heteroatoms. The van der Waals surface area contributed by atoms with Gasteiger partial charge in [-0.05, 0) is 37.0 Å². The van der Waals surface area contributed by atoms with Gasteiger partial charge in [0.15, 0.2) is 0 Å². The Hall–Kier alpha value is -2.30. The second kappa shape index (κ2) is 6.64. The number of para-hydroxylation sites is 2. The fourth-order valence-corrected chi connectivity index (χ4v) is 3.05. The van der Waals surface area contributed by atoms with Crippen LogP contribution in [0.5, 0.6) is 0 Å². The zero-order chi connectivity index (χ0) is 15.4. The third kappa shape index (κ3) is 3.30. The molecule has 1 aliphatic rings. The van der Waals surface area contributed by atoms with Crippen LogP contribution in [0.4, 0.5) is 10.5 Å². The van der Waals surface area contributed by atoms with Crippen LogP contribution in [-0.4, -0.2) is 21.9 Å². The average Bonchev–Trinajstić information content (AvgIpc) is 3.04. The van der Waals surface area contributed by atoms with Gasteiger partial charge in [-0.1, -0.05) is 31.9 Å². The molecule has 0 radical (unpaired) electrons. The van der Waals surface area contributed by atoms with Crippen LogP contribution in [0, 0.1) is 5.92 Å². The summed E-state index contributed by atoms with van der Waals surface area (Å²) in [5, 5.41) is 10.3. The van der Waals surface area contributed by atoms with Gasteiger partial charge in [-0.25, -0.2) is 9.48 Å². The summed E-state index contributed by atoms with van der Waals surface area (Å²) in [6.45, 7) is 2.21. The van der Waals surface area contributed by atoms with Gasteiger partial charge in [0, 0.05) is 18.4 Å². The molecule has 0 aliphatic heterocycles. The third-order valence-electron chi connectivity index (χ3n) is 4.33. The molecule has 1 aliphatic carbocycles. The molecule has 1 aromatic heterocycles. The first-order valence-corrected chi connectivity index (χ1v) is 7.90. The summed E-state index contributed by atoms with van der Waals surface area (Å²) in [5.74, 6) is 0.542. The second-order valence-electron chi connectivity index (χ2n) is 5.93. The number of anilines is 1. The molecule has 1 heterocycles. The molecule has 1 fully saturated rings. The minimum atomic E-state index is -0.140. The summed E-state index contributed by atoms with van der Waals surface area (Å²) in [6.07, 6.45) is 8.30. The van der Waals surface area contributed by atoms with E-state index in [1.165, 1.54) is 19.3 Å². The Labute approximate surface area is 130 Å². The normalized spacial score (nSPS) is 21.3. The van der Waals surface area contributed by atoms with Gasteiger partial charge in [-0.15, -0.1) is 0 Å². The molecule has 5 nitrogen and oxygen atoms in total. The number of amides is 2. The van der Waals surface area contributed by atoms with E-state index >= 15 is 0 Å². The first-order valence-electron chi connectivity index (χ1n) is 7.90. The lowest BCUT2D eigenvalue weighted by molar-refractivity contribution is 0.232. The van der Waals surface area contributed by atoms with Gasteiger partial charge in [-0.2, -0.15) is 5.10 Å². The van der Waals surface area contributed by atoms with Gasteiger partial charge < -0.3 is 10.6 Å². The van der Waals surface area contributed by atoms with Crippen molar-refractivity contribution in [1.29, 1.82) is 0 Å². The topological polar surface area (TPSA) is 59.0 Å². The van der Waals surface area contributed by atoms with Crippen molar-refractivity contribution < 1.29 is 4.79 Å². The van der Waals surface area contributed by atoms with Crippen molar-refractivity contribution >= 4 is 11.7 Å². The van der Waals surface area contributed by atoms with Crippen molar-refractivity contribution in [2.24, 2.45) is 5.92 Å². The lowest BCUT2D eigenvalue weighted by Gasteiger charge is -2.29. The molecule has 3 rings (SSSR count). The number of urea groups is 1. The summed E-state index contributed by atoms with van der Waals surface area (Å²) in [7, 11) is 0. The van der Waals surface area contributed by atoms with E-state index in [0.717, 1.165) is 17.8 Å². The molecule has 2 amide bonds. The summed E-state index contributed by atoms with van der Waals surface area (Å²) >= 11 is 0. The molecule has 2 aromatic rings. The maximum Gasteiger partial charge on any atom is 0.319 e. The maximum absolute atomic E-state index is 12.3. The van der Waals surface area contributed by atoms with Crippen molar-refractivity contribution in [3.8, 4) is 5.69 Å². The van der Waals surface area contributed by atoms with Gasteiger partial charge in [0.05, 0.1) is 11.4 Å². The van der Waals surface area contributed by atoms with Crippen molar-refractivity contribution in [1.82, 2.24) is 15.1 Å². The summed E-state index contributed by atoms with van der Waals surface area (Å²) < 4.78 is 1.75. The van der Waals surface area contributed by atoms with Crippen LogP contribution in [0.25, 0.3) is 5.69 Å². The van der Waals surface area contributed by atoms with Crippen molar-refractivity contribution in [2.45, 2.75) is 38.6 Å². The number of benzene rings is 1. The molecule has 2 N–H and O–H groups in total. The van der Waals surface area contributed by atoms with Crippen LogP contribution in [0.15, 0.2) is 42.7 Å². The van der Waals surface area contributed by atoms with Crippen molar-refractivity contribution in [2.75, 3.05) is 5.32 Å². The number of rotatable bonds is 3. The minimum absolute atomic E-state index is 0.140. The highest BCUT2D eigenvalue weighted by molar-refractivity contribution is 5.91. The Bertz CT molecular complexity index is 623. The first kappa shape index (κ1) is 14.6. The van der Waals surface area contributed by atoms with Gasteiger partial charge in [-0.3, -0.25) is 0 Å². The molecular weight excluding hydrogens is 276 g/mol. The monoisotopic (exact) mass is 298 g/mol. The predicted octanol–water partition coefficient (Wildman–Crippen LogP) is 3.57. The molecule has 2 atom stereocenters. The second-order valence-corrected chi connectivity index (χ2v) is 5.93. The first-order chi connectivity index (χ1) is 10.7. The molecule has 0 saturated heterocycles. The van der Waals surface area contributed by atoms with E-state index in [2.05, 4.69) is 22.7 Å². The zero-order valence-corrected chi connectivity index (χ0v) is 12.8. The standard InChI is InChI=1S/C17H22N4O/c1-13-7-2-3-8-14(13)19-17(22)20-15-9-4-5-10-16(15)21-12-6-11-18-21/h4-6,9-14H,2-3,7-8H2,1H3,(H2,19,20,22). The quantitative estimate of drug-likeness (QED) is 0.910. The Morgan fingerprint density at radius 3 is 2.82 bits per heavy atom. The predicted molar refractivity (Wildman–Crippen MR) is 87.1 cm³/mol. The van der Waals surface area contributed by atoms with Gasteiger partial charge in [0.2, 0.25) is 0 Å². The van der Waals surface area contributed by atoms with Crippen LogP contribution in [0.3, 0.4) is 0 Å². The lowest BCUT2D eigenvalue weighted by Crippen LogP contribution is -2.43. The van der Waals surface area contributed by atoms with E-state index in [-0.39, 0.29) is 12.1 Å². The fourth-order valence-electron chi connectivity index (χ4n) is 3.05. The zero-order valence-electron chi connectivity index (χ0n) is 12.8. The number of nitrogens with one attached hydrogen (secondary N) is 2. The molecule has 1 saturated carbocycles. The molecule has 0 bridgehead atoms. The molecular formula is C17H22N4O. The minimum Gasteiger partial charge on any atom is -0.335 e. The van der Waals surface area contributed by atoms with Crippen LogP contribution in [-0.2, 0) is 0 Å². The Balaban J connectivity index is 1.69. The summed E-state index contributed by atoms with van der Waals surface area (Å²) in [4.78, 5) is 12.3. The van der Waals surface area contributed by atoms with E-state index in [0.29, 0.717) is 5.92 Å². The Kier molecular flexibility index (Phi) is 4.42. The van der Waals surface area contributed by atoms with Crippen LogP contribution < -0.4 is 10.6 Å². The van der Waals surface area contributed by atoms with Gasteiger partial charge in [0.25, 0.3) is 0 Å². The number of nitrogens with zero attached hydrogens (tertiary/aromatic N) is 2. The highest BCUT2D eigenvalue weighted by Gasteiger charge is 2.23. The number of aromatic nitrogens is 2. The largest absolute Gasteiger partial charge is 0.335 e. The SMILES string of the molecule is CC1CCCCC1NC(=O)Nc1ccccc1-n1cccn1. The number of hydrogen-bond acceptors (Lipinski definition) is 2. The molecule has 2 unspecified atom stereocenters. The van der Waals surface area contributed by atoms with E-state index < -0.39 is 0 Å². The van der Waals surface area contributed by atoms with E-state index in [1.807, 2.05) is 36.5 Å². The molecule has 116 valence electrons. The molecule has 22 heavy (non-hydrogen) atoms. The molecule has 0 spiro atoms. The van der Waals surface area contributed by atoms with Crippen LogP contribution >= 0.6 is 0 Å². The van der Waals surface area contributed by atoms with E-state index in [1.54, 1.807) is 10.9 Å². The Morgan fingerprint density at radius 1 is 1.23 bits per heavy atom. The van der Waals surface area contributed by atoms with Crippen LogP contribution in [0.2, 0.25) is 0 Å². The number of carbonyl (C=O) groups is 1. The van der Waals surface area contributed by atoms with E-state index in [9.17, 15) is 4.79 Å². The van der Waals surface area contributed by atoms with Crippen molar-refractivity contribution in [3.63, 3.8) is 0 Å². The van der Waals surface area contributed by atoms with Crippen LogP contribution in [0.1, 0.15) is 32.6 Å². The number of hydrogen-bond donors (Lipinski definition) is 2.